The largest absolute Gasteiger partial charge is 0.382 e. The van der Waals surface area contributed by atoms with Crippen molar-refractivity contribution in [3.63, 3.8) is 0 Å². The van der Waals surface area contributed by atoms with Gasteiger partial charge >= 0.3 is 0 Å². The van der Waals surface area contributed by atoms with Crippen LogP contribution in [0.5, 0.6) is 0 Å². The Balaban J connectivity index is 1.67. The smallest absolute Gasteiger partial charge is 0.167 e. The number of anilines is 1. The molecule has 2 aliphatic rings. The van der Waals surface area contributed by atoms with Gasteiger partial charge in [0, 0.05) is 12.6 Å². The fourth-order valence-electron chi connectivity index (χ4n) is 3.46. The van der Waals surface area contributed by atoms with Gasteiger partial charge in [0.05, 0.1) is 6.33 Å². The van der Waals surface area contributed by atoms with Gasteiger partial charge in [-0.3, -0.25) is 4.57 Å². The summed E-state index contributed by atoms with van der Waals surface area (Å²) >= 11 is 0. The van der Waals surface area contributed by atoms with Gasteiger partial charge < -0.3 is 25.3 Å². The van der Waals surface area contributed by atoms with Gasteiger partial charge in [-0.2, -0.15) is 0 Å². The summed E-state index contributed by atoms with van der Waals surface area (Å²) in [5.74, 6) is -0.307. The van der Waals surface area contributed by atoms with Crippen molar-refractivity contribution in [1.29, 1.82) is 0 Å². The van der Waals surface area contributed by atoms with Gasteiger partial charge in [-0.15, -0.1) is 0 Å². The highest BCUT2D eigenvalue weighted by Gasteiger charge is 2.55. The first-order chi connectivity index (χ1) is 11.9. The fourth-order valence-corrected chi connectivity index (χ4v) is 3.46. The van der Waals surface area contributed by atoms with Crippen LogP contribution in [0.1, 0.15) is 33.9 Å². The van der Waals surface area contributed by atoms with E-state index in [1.54, 1.807) is 6.33 Å². The van der Waals surface area contributed by atoms with Crippen LogP contribution in [-0.4, -0.2) is 56.2 Å². The summed E-state index contributed by atoms with van der Waals surface area (Å²) in [6.07, 6.45) is 2.17. The van der Waals surface area contributed by atoms with Crippen molar-refractivity contribution in [3.8, 4) is 0 Å². The molecule has 2 aliphatic heterocycles. The Hall–Kier alpha value is -1.81. The van der Waals surface area contributed by atoms with Crippen LogP contribution in [0.4, 0.5) is 5.82 Å². The Kier molecular flexibility index (Phi) is 3.91. The number of imidazole rings is 1. The summed E-state index contributed by atoms with van der Waals surface area (Å²) < 4.78 is 20.4. The first kappa shape index (κ1) is 16.6. The van der Waals surface area contributed by atoms with Crippen molar-refractivity contribution in [1.82, 2.24) is 24.8 Å². The van der Waals surface area contributed by atoms with E-state index in [9.17, 15) is 0 Å². The molecule has 0 aliphatic carbocycles. The Morgan fingerprint density at radius 2 is 2.00 bits per heavy atom. The van der Waals surface area contributed by atoms with Gasteiger partial charge in [-0.1, -0.05) is 13.8 Å². The number of hydrogen-bond acceptors (Lipinski definition) is 8. The van der Waals surface area contributed by atoms with Gasteiger partial charge in [0.25, 0.3) is 0 Å². The summed E-state index contributed by atoms with van der Waals surface area (Å²) in [6.45, 7) is 8.72. The summed E-state index contributed by atoms with van der Waals surface area (Å²) in [7, 11) is 0. The molecule has 4 rings (SSSR count). The molecule has 0 amide bonds. The SMILES string of the molecule is CC(C)NCC1OC(n2cnc3c(N)ncnc32)C2OC(C)(C)O[C@H]12. The molecule has 2 aromatic heterocycles. The van der Waals surface area contributed by atoms with Crippen molar-refractivity contribution < 1.29 is 14.2 Å². The molecule has 0 saturated carbocycles. The molecule has 136 valence electrons. The third-order valence-electron chi connectivity index (χ3n) is 4.51. The number of nitrogens with zero attached hydrogens (tertiary/aromatic N) is 4. The van der Waals surface area contributed by atoms with Gasteiger partial charge in [0.2, 0.25) is 0 Å². The third-order valence-corrected chi connectivity index (χ3v) is 4.51. The summed E-state index contributed by atoms with van der Waals surface area (Å²) in [5.41, 5.74) is 7.08. The number of fused-ring (bicyclic) bond motifs is 2. The molecule has 9 nitrogen and oxygen atoms in total. The first-order valence-corrected chi connectivity index (χ1v) is 8.53. The van der Waals surface area contributed by atoms with Crippen LogP contribution < -0.4 is 11.1 Å². The predicted molar refractivity (Wildman–Crippen MR) is 90.6 cm³/mol. The lowest BCUT2D eigenvalue weighted by molar-refractivity contribution is -0.195. The second kappa shape index (κ2) is 5.87. The maximum atomic E-state index is 6.27. The van der Waals surface area contributed by atoms with E-state index in [0.29, 0.717) is 29.6 Å². The highest BCUT2D eigenvalue weighted by Crippen LogP contribution is 2.43. The maximum absolute atomic E-state index is 6.27. The van der Waals surface area contributed by atoms with E-state index < -0.39 is 5.79 Å². The molecule has 3 unspecified atom stereocenters. The van der Waals surface area contributed by atoms with Crippen LogP contribution >= 0.6 is 0 Å². The van der Waals surface area contributed by atoms with E-state index in [1.807, 2.05) is 18.4 Å². The monoisotopic (exact) mass is 348 g/mol. The first-order valence-electron chi connectivity index (χ1n) is 8.53. The quantitative estimate of drug-likeness (QED) is 0.836. The number of hydrogen-bond donors (Lipinski definition) is 2. The van der Waals surface area contributed by atoms with Gasteiger partial charge in [-0.05, 0) is 13.8 Å². The minimum Gasteiger partial charge on any atom is -0.382 e. The molecule has 0 bridgehead atoms. The van der Waals surface area contributed by atoms with E-state index in [1.165, 1.54) is 6.33 Å². The van der Waals surface area contributed by atoms with Crippen molar-refractivity contribution in [2.24, 2.45) is 0 Å². The lowest BCUT2D eigenvalue weighted by atomic mass is 10.1. The average molecular weight is 348 g/mol. The van der Waals surface area contributed by atoms with E-state index in [-0.39, 0.29) is 24.5 Å². The molecule has 9 heteroatoms. The topological polar surface area (TPSA) is 109 Å². The predicted octanol–water partition coefficient (Wildman–Crippen LogP) is 0.824. The van der Waals surface area contributed by atoms with Crippen LogP contribution in [0.3, 0.4) is 0 Å². The Labute approximate surface area is 145 Å². The number of nitrogen functional groups attached to an aromatic ring is 1. The van der Waals surface area contributed by atoms with E-state index in [0.717, 1.165) is 0 Å². The van der Waals surface area contributed by atoms with Crippen LogP contribution in [0.15, 0.2) is 12.7 Å². The summed E-state index contributed by atoms with van der Waals surface area (Å²) in [6, 6.07) is 0.359. The molecule has 3 N–H and O–H groups in total. The molecule has 2 saturated heterocycles. The molecule has 2 aromatic rings. The van der Waals surface area contributed by atoms with E-state index in [2.05, 4.69) is 34.1 Å². The average Bonchev–Trinajstić information content (AvgIpc) is 3.17. The highest BCUT2D eigenvalue weighted by molar-refractivity contribution is 5.81. The molecule has 4 heterocycles. The number of aromatic nitrogens is 4. The maximum Gasteiger partial charge on any atom is 0.167 e. The van der Waals surface area contributed by atoms with E-state index in [4.69, 9.17) is 19.9 Å². The molecular formula is C16H24N6O3. The van der Waals surface area contributed by atoms with E-state index >= 15 is 0 Å². The lowest BCUT2D eigenvalue weighted by Crippen LogP contribution is -2.39. The zero-order valence-electron chi connectivity index (χ0n) is 14.8. The fraction of sp³-hybridized carbons (Fsp3) is 0.688. The molecule has 2 fully saturated rings. The molecule has 0 radical (unpaired) electrons. The number of nitrogens with two attached hydrogens (primary N) is 1. The Bertz CT molecular complexity index is 776. The molecule has 4 atom stereocenters. The number of nitrogens with one attached hydrogen (secondary N) is 1. The van der Waals surface area contributed by atoms with Crippen LogP contribution in [0.25, 0.3) is 11.2 Å². The number of rotatable bonds is 4. The molecular weight excluding hydrogens is 324 g/mol. The molecule has 25 heavy (non-hydrogen) atoms. The minimum absolute atomic E-state index is 0.129. The van der Waals surface area contributed by atoms with Crippen LogP contribution in [-0.2, 0) is 14.2 Å². The van der Waals surface area contributed by atoms with Crippen molar-refractivity contribution >= 4 is 17.0 Å². The van der Waals surface area contributed by atoms with Crippen molar-refractivity contribution in [3.05, 3.63) is 12.7 Å². The normalized spacial score (nSPS) is 31.1. The zero-order valence-corrected chi connectivity index (χ0v) is 14.8. The highest BCUT2D eigenvalue weighted by atomic mass is 16.8. The van der Waals surface area contributed by atoms with Crippen LogP contribution in [0, 0.1) is 0 Å². The van der Waals surface area contributed by atoms with Crippen molar-refractivity contribution in [2.45, 2.75) is 64.1 Å². The van der Waals surface area contributed by atoms with Gasteiger partial charge in [0.1, 0.15) is 30.2 Å². The standard InChI is InChI=1S/C16H24N6O3/c1-8(2)18-5-9-11-12(25-16(3,4)24-11)15(23-9)22-7-21-10-13(17)19-6-20-14(10)22/h6-9,11-12,15,18H,5H2,1-4H3,(H2,17,19,20)/t9?,11-,12?,15?/m1/s1. The van der Waals surface area contributed by atoms with Gasteiger partial charge in [0.15, 0.2) is 23.5 Å². The van der Waals surface area contributed by atoms with Crippen LogP contribution in [0.2, 0.25) is 0 Å². The third kappa shape index (κ3) is 2.86. The Morgan fingerprint density at radius 3 is 2.76 bits per heavy atom. The summed E-state index contributed by atoms with van der Waals surface area (Å²) in [4.78, 5) is 12.6. The van der Waals surface area contributed by atoms with Crippen molar-refractivity contribution in [2.75, 3.05) is 12.3 Å². The lowest BCUT2D eigenvalue weighted by Gasteiger charge is -2.25. The second-order valence-corrected chi connectivity index (χ2v) is 7.28. The Morgan fingerprint density at radius 1 is 1.24 bits per heavy atom. The second-order valence-electron chi connectivity index (χ2n) is 7.28. The number of ether oxygens (including phenoxy) is 3. The van der Waals surface area contributed by atoms with Gasteiger partial charge in [-0.25, -0.2) is 15.0 Å². The summed E-state index contributed by atoms with van der Waals surface area (Å²) in [5, 5.41) is 3.41. The molecule has 0 spiro atoms. The zero-order chi connectivity index (χ0) is 17.8. The minimum atomic E-state index is -0.655. The molecule has 0 aromatic carbocycles.